The van der Waals surface area contributed by atoms with Crippen LogP contribution in [0.2, 0.25) is 0 Å². The smallest absolute Gasteiger partial charge is 0.318 e. The molecule has 1 aromatic rings. The van der Waals surface area contributed by atoms with Crippen molar-refractivity contribution in [3.63, 3.8) is 0 Å². The van der Waals surface area contributed by atoms with Crippen molar-refractivity contribution in [2.75, 3.05) is 19.8 Å². The molecule has 1 saturated carbocycles. The van der Waals surface area contributed by atoms with Crippen molar-refractivity contribution >= 4 is 6.03 Å². The summed E-state index contributed by atoms with van der Waals surface area (Å²) >= 11 is 0. The van der Waals surface area contributed by atoms with Gasteiger partial charge in [0.15, 0.2) is 0 Å². The number of aliphatic hydroxyl groups is 1. The van der Waals surface area contributed by atoms with E-state index in [-0.39, 0.29) is 18.1 Å². The zero-order valence-corrected chi connectivity index (χ0v) is 14.4. The molecule has 1 aromatic carbocycles. The number of carbonyl (C=O) groups excluding carboxylic acids is 1. The van der Waals surface area contributed by atoms with Crippen molar-refractivity contribution in [1.82, 2.24) is 10.2 Å². The molecule has 1 aliphatic heterocycles. The van der Waals surface area contributed by atoms with Crippen LogP contribution in [-0.2, 0) is 4.74 Å². The van der Waals surface area contributed by atoms with Crippen LogP contribution in [-0.4, -0.2) is 47.9 Å². The third-order valence-electron chi connectivity index (χ3n) is 5.34. The molecule has 3 rings (SSSR count). The van der Waals surface area contributed by atoms with Crippen LogP contribution in [0.4, 0.5) is 4.79 Å². The number of aliphatic hydroxyl groups excluding tert-OH is 1. The number of nitrogens with zero attached hydrogens (tertiary/aromatic N) is 1. The predicted molar refractivity (Wildman–Crippen MR) is 92.7 cm³/mol. The Labute approximate surface area is 144 Å². The highest BCUT2D eigenvalue weighted by Crippen LogP contribution is 2.26. The minimum atomic E-state index is -0.585. The Morgan fingerprint density at radius 2 is 2.17 bits per heavy atom. The third-order valence-corrected chi connectivity index (χ3v) is 5.34. The van der Waals surface area contributed by atoms with E-state index >= 15 is 0 Å². The fourth-order valence-corrected chi connectivity index (χ4v) is 3.79. The first-order valence-corrected chi connectivity index (χ1v) is 9.03. The van der Waals surface area contributed by atoms with E-state index in [0.29, 0.717) is 32.1 Å². The fraction of sp³-hybridized carbons (Fsp3) is 0.632. The molecule has 5 heteroatoms. The Morgan fingerprint density at radius 3 is 2.88 bits per heavy atom. The number of nitrogens with one attached hydrogen (secondary N) is 1. The molecule has 0 spiro atoms. The number of carbonyl (C=O) groups is 1. The van der Waals surface area contributed by atoms with E-state index in [9.17, 15) is 9.90 Å². The lowest BCUT2D eigenvalue weighted by Crippen LogP contribution is -2.55. The number of morpholine rings is 1. The van der Waals surface area contributed by atoms with Gasteiger partial charge in [-0.2, -0.15) is 0 Å². The molecule has 24 heavy (non-hydrogen) atoms. The second-order valence-corrected chi connectivity index (χ2v) is 7.05. The first-order chi connectivity index (χ1) is 11.6. The van der Waals surface area contributed by atoms with Gasteiger partial charge in [0.25, 0.3) is 0 Å². The van der Waals surface area contributed by atoms with E-state index < -0.39 is 6.10 Å². The number of hydrogen-bond donors (Lipinski definition) is 2. The van der Waals surface area contributed by atoms with Crippen LogP contribution in [0, 0.1) is 5.92 Å². The molecular formula is C19H28N2O3. The summed E-state index contributed by atoms with van der Waals surface area (Å²) in [5.74, 6) is 0.545. The second-order valence-electron chi connectivity index (χ2n) is 7.05. The van der Waals surface area contributed by atoms with E-state index in [1.54, 1.807) is 0 Å². The maximum atomic E-state index is 12.7. The Kier molecular flexibility index (Phi) is 5.74. The number of urea groups is 1. The van der Waals surface area contributed by atoms with Crippen molar-refractivity contribution in [1.29, 1.82) is 0 Å². The van der Waals surface area contributed by atoms with Gasteiger partial charge in [-0.05, 0) is 24.3 Å². The zero-order valence-electron chi connectivity index (χ0n) is 14.4. The molecule has 1 aliphatic carbocycles. The van der Waals surface area contributed by atoms with Crippen LogP contribution < -0.4 is 5.32 Å². The molecule has 1 heterocycles. The molecule has 0 radical (unpaired) electrons. The van der Waals surface area contributed by atoms with Gasteiger partial charge in [-0.25, -0.2) is 4.79 Å². The summed E-state index contributed by atoms with van der Waals surface area (Å²) in [5.41, 5.74) is 0.882. The molecule has 4 unspecified atom stereocenters. The highest BCUT2D eigenvalue weighted by atomic mass is 16.5. The zero-order chi connectivity index (χ0) is 16.9. The highest BCUT2D eigenvalue weighted by Gasteiger charge is 2.32. The summed E-state index contributed by atoms with van der Waals surface area (Å²) in [6.07, 6.45) is 3.35. The number of rotatable bonds is 4. The fourth-order valence-electron chi connectivity index (χ4n) is 3.79. The molecule has 2 N–H and O–H groups in total. The molecule has 2 fully saturated rings. The van der Waals surface area contributed by atoms with Crippen LogP contribution >= 0.6 is 0 Å². The molecule has 0 aromatic heterocycles. The van der Waals surface area contributed by atoms with Gasteiger partial charge in [-0.3, -0.25) is 0 Å². The first kappa shape index (κ1) is 17.2. The van der Waals surface area contributed by atoms with E-state index in [1.165, 1.54) is 12.8 Å². The van der Waals surface area contributed by atoms with Gasteiger partial charge >= 0.3 is 6.03 Å². The van der Waals surface area contributed by atoms with Crippen molar-refractivity contribution in [3.05, 3.63) is 35.9 Å². The van der Waals surface area contributed by atoms with Gasteiger partial charge in [0.2, 0.25) is 0 Å². The van der Waals surface area contributed by atoms with Crippen LogP contribution in [0.5, 0.6) is 0 Å². The Morgan fingerprint density at radius 1 is 1.38 bits per heavy atom. The second kappa shape index (κ2) is 7.99. The van der Waals surface area contributed by atoms with Crippen LogP contribution in [0.25, 0.3) is 0 Å². The highest BCUT2D eigenvalue weighted by molar-refractivity contribution is 5.75. The van der Waals surface area contributed by atoms with Gasteiger partial charge in [0, 0.05) is 19.0 Å². The quantitative estimate of drug-likeness (QED) is 0.891. The SMILES string of the molecule is CC1CCCC1NC(=O)N1CCOCC1CC(O)c1ccccc1. The number of amides is 2. The van der Waals surface area contributed by atoms with Crippen molar-refractivity contribution in [3.8, 4) is 0 Å². The minimum absolute atomic E-state index is 0.0117. The van der Waals surface area contributed by atoms with Gasteiger partial charge in [-0.15, -0.1) is 0 Å². The Bertz CT molecular complexity index is 537. The average Bonchev–Trinajstić information content (AvgIpc) is 3.01. The molecule has 132 valence electrons. The van der Waals surface area contributed by atoms with Crippen LogP contribution in [0.3, 0.4) is 0 Å². The van der Waals surface area contributed by atoms with Gasteiger partial charge in [0.1, 0.15) is 0 Å². The standard InChI is InChI=1S/C19H28N2O3/c1-14-6-5-9-17(14)20-19(23)21-10-11-24-13-16(21)12-18(22)15-7-3-2-4-8-15/h2-4,7-8,14,16-18,22H,5-6,9-13H2,1H3,(H,20,23). The van der Waals surface area contributed by atoms with E-state index in [4.69, 9.17) is 4.74 Å². The lowest BCUT2D eigenvalue weighted by atomic mass is 10.0. The van der Waals surface area contributed by atoms with Crippen LogP contribution in [0.15, 0.2) is 30.3 Å². The van der Waals surface area contributed by atoms with Crippen LogP contribution in [0.1, 0.15) is 44.3 Å². The van der Waals surface area contributed by atoms with Crippen molar-refractivity contribution < 1.29 is 14.6 Å². The third kappa shape index (κ3) is 4.08. The maximum Gasteiger partial charge on any atom is 0.318 e. The van der Waals surface area contributed by atoms with Crippen molar-refractivity contribution in [2.45, 2.75) is 50.8 Å². The maximum absolute atomic E-state index is 12.7. The predicted octanol–water partition coefficient (Wildman–Crippen LogP) is 2.71. The van der Waals surface area contributed by atoms with E-state index in [1.807, 2.05) is 35.2 Å². The summed E-state index contributed by atoms with van der Waals surface area (Å²) in [4.78, 5) is 14.6. The average molecular weight is 332 g/mol. The molecule has 0 bridgehead atoms. The van der Waals surface area contributed by atoms with Gasteiger partial charge < -0.3 is 20.1 Å². The summed E-state index contributed by atoms with van der Waals surface area (Å²) in [6.45, 7) is 3.83. The van der Waals surface area contributed by atoms with Crippen molar-refractivity contribution in [2.24, 2.45) is 5.92 Å². The normalized spacial score (nSPS) is 28.6. The minimum Gasteiger partial charge on any atom is -0.388 e. The molecule has 2 amide bonds. The Hall–Kier alpha value is -1.59. The summed E-state index contributed by atoms with van der Waals surface area (Å²) in [6, 6.07) is 9.78. The molecule has 4 atom stereocenters. The molecule has 2 aliphatic rings. The number of benzene rings is 1. The lowest BCUT2D eigenvalue weighted by Gasteiger charge is -2.37. The van der Waals surface area contributed by atoms with Gasteiger partial charge in [-0.1, -0.05) is 43.7 Å². The molecule has 5 nitrogen and oxygen atoms in total. The molecular weight excluding hydrogens is 304 g/mol. The summed E-state index contributed by atoms with van der Waals surface area (Å²) < 4.78 is 5.56. The largest absolute Gasteiger partial charge is 0.388 e. The monoisotopic (exact) mass is 332 g/mol. The first-order valence-electron chi connectivity index (χ1n) is 9.03. The van der Waals surface area contributed by atoms with E-state index in [2.05, 4.69) is 12.2 Å². The lowest BCUT2D eigenvalue weighted by molar-refractivity contribution is -0.00758. The number of hydrogen-bond acceptors (Lipinski definition) is 3. The summed E-state index contributed by atoms with van der Waals surface area (Å²) in [5, 5.41) is 13.7. The number of ether oxygens (including phenoxy) is 1. The van der Waals surface area contributed by atoms with Gasteiger partial charge in [0.05, 0.1) is 25.4 Å². The summed E-state index contributed by atoms with van der Waals surface area (Å²) in [7, 11) is 0. The van der Waals surface area contributed by atoms with E-state index in [0.717, 1.165) is 12.0 Å². The topological polar surface area (TPSA) is 61.8 Å². The molecule has 1 saturated heterocycles. The Balaban J connectivity index is 1.61.